The zero-order valence-electron chi connectivity index (χ0n) is 51.8. The zero-order valence-corrected chi connectivity index (χ0v) is 60.6. The Labute approximate surface area is 501 Å². The van der Waals surface area contributed by atoms with Crippen LogP contribution in [0.5, 0.6) is 0 Å². The van der Waals surface area contributed by atoms with Crippen LogP contribution in [0.15, 0.2) is 0 Å². The van der Waals surface area contributed by atoms with E-state index in [1.54, 1.807) is 0 Å². The van der Waals surface area contributed by atoms with Crippen LogP contribution in [0.4, 0.5) is 22.7 Å². The number of hydrogen-bond acceptors (Lipinski definition) is 8. The van der Waals surface area contributed by atoms with Gasteiger partial charge in [0.2, 0.25) is 0 Å². The van der Waals surface area contributed by atoms with Crippen LogP contribution in [0, 0.1) is 159 Å². The summed E-state index contributed by atoms with van der Waals surface area (Å²) in [4.78, 5) is 0. The minimum absolute atomic E-state index is 0. The average Bonchev–Trinajstić information content (AvgIpc) is 3.38. The van der Waals surface area contributed by atoms with Crippen molar-refractivity contribution in [2.24, 2.45) is 0 Å². The summed E-state index contributed by atoms with van der Waals surface area (Å²) in [5.41, 5.74) is 38.1. The van der Waals surface area contributed by atoms with Crippen molar-refractivity contribution >= 4 is 22.7 Å². The molecule has 0 amide bonds. The predicted octanol–water partition coefficient (Wildman–Crippen LogP) is 14.6. The molecule has 0 fully saturated rings. The Balaban J connectivity index is -0.000000193. The van der Waals surface area contributed by atoms with E-state index in [4.69, 9.17) is 15.9 Å². The van der Waals surface area contributed by atoms with Crippen molar-refractivity contribution in [3.05, 3.63) is 132 Å². The molecule has 0 bridgehead atoms. The van der Waals surface area contributed by atoms with Crippen LogP contribution >= 0.6 is 0 Å². The molecule has 4 aromatic carbocycles. The number of nitrogens with one attached hydrogen (secondary N) is 5. The summed E-state index contributed by atoms with van der Waals surface area (Å²) in [6, 6.07) is 0. The van der Waals surface area contributed by atoms with Gasteiger partial charge in [0.1, 0.15) is 0 Å². The number of hydrogen-bond donors (Lipinski definition) is 8. The summed E-state index contributed by atoms with van der Waals surface area (Å²) < 4.78 is 0. The summed E-state index contributed by atoms with van der Waals surface area (Å²) in [6.07, 6.45) is 4.48. The van der Waals surface area contributed by atoms with Gasteiger partial charge in [0, 0.05) is 112 Å². The Bertz CT molecular complexity index is 1970. The number of nitrogen functional groups attached to an aromatic ring is 1. The molecule has 4 aromatic rings. The van der Waals surface area contributed by atoms with Crippen molar-refractivity contribution in [1.82, 2.24) is 10.6 Å². The van der Waals surface area contributed by atoms with E-state index in [2.05, 4.69) is 186 Å². The number of benzene rings is 4. The summed E-state index contributed by atoms with van der Waals surface area (Å²) in [5, 5.41) is 33.2. The normalized spacial score (nSPS) is 9.64. The molecule has 0 aliphatic carbocycles. The van der Waals surface area contributed by atoms with E-state index in [1.807, 2.05) is 27.9 Å². The molecule has 0 heterocycles. The number of anilines is 4. The molecule has 426 valence electrons. The zero-order chi connectivity index (χ0) is 55.9. The third kappa shape index (κ3) is 26.6. The van der Waals surface area contributed by atoms with Gasteiger partial charge in [-0.2, -0.15) is 19.3 Å². The Morgan fingerprint density at radius 2 is 0.527 bits per heavy atom. The molecular formula is C63H111N6O2W3-3. The van der Waals surface area contributed by atoms with Crippen LogP contribution in [0.1, 0.15) is 157 Å². The van der Waals surface area contributed by atoms with E-state index in [-0.39, 0.29) is 76.4 Å². The van der Waals surface area contributed by atoms with E-state index in [0.717, 1.165) is 64.1 Å². The smallest absolute Gasteiger partial charge is 0.0447 e. The van der Waals surface area contributed by atoms with Gasteiger partial charge in [-0.05, 0) is 296 Å². The second-order valence-electron chi connectivity index (χ2n) is 18.7. The minimum Gasteiger partial charge on any atom is -0.399 e. The van der Waals surface area contributed by atoms with E-state index >= 15 is 0 Å². The van der Waals surface area contributed by atoms with Gasteiger partial charge in [0.15, 0.2) is 0 Å². The standard InChI is InChI=1S/C15H26N2.C14H23NO.C14H22N.C11H17N.C4H10N.C3H7O.C2H6.3W/c1-10-11(2)13(4)15(14(5)12(10)3)17-9-7-8-16-6;1-9-10(2)12(4)14(13(5)11(9)3)15-7-6-8-16;1-7-8-15-14-12(5)10(3)9(2)11(4)13(14)6;1-6-7(2)9(4)11(12)10(5)8(6)3;1-3-4-5-2;1-2-3-4;1-2;;;/h16-17H,7-9H2,1-6H3;15-16H,6-8H2,1-5H3;15H,1,7-8H2,2-6H3;12H2,1-5H3;5H,1,3-4H2,2H3;4H,1-3H2;1-2H3;;;/q;;-1;;2*-1;;;;. The molecule has 0 spiro atoms. The maximum absolute atomic E-state index is 8.80. The second-order valence-corrected chi connectivity index (χ2v) is 18.7. The van der Waals surface area contributed by atoms with E-state index in [0.29, 0.717) is 6.42 Å². The van der Waals surface area contributed by atoms with Crippen molar-refractivity contribution < 1.29 is 73.4 Å². The van der Waals surface area contributed by atoms with Gasteiger partial charge in [-0.15, -0.1) is 0 Å². The minimum atomic E-state index is 0. The van der Waals surface area contributed by atoms with Gasteiger partial charge < -0.3 is 63.3 Å². The van der Waals surface area contributed by atoms with E-state index < -0.39 is 0 Å². The van der Waals surface area contributed by atoms with Gasteiger partial charge in [0.25, 0.3) is 0 Å². The molecule has 4 rings (SSSR count). The summed E-state index contributed by atoms with van der Waals surface area (Å²) in [6.45, 7) is 63.7. The molecule has 0 aliphatic rings. The second kappa shape index (κ2) is 46.0. The third-order valence-corrected chi connectivity index (χ3v) is 14.7. The fourth-order valence-corrected chi connectivity index (χ4v) is 7.99. The topological polar surface area (TPSA) is 127 Å². The SMILES string of the molecule is CC.CNCCCNc1c(C)c(C)c(C)c(C)c1C.Cc1c(C)c(C)c(N)c(C)c1C.Cc1c(C)c(C)c(NCCCO)c(C)c1C.[CH2-]CCNC.[CH2-]CCNc1c(C)c(C)c(C)c(C)c1C.[CH2-]CCO.[W].[W].[W]. The van der Waals surface area contributed by atoms with Crippen molar-refractivity contribution in [3.63, 3.8) is 0 Å². The van der Waals surface area contributed by atoms with Crippen molar-refractivity contribution in [2.75, 3.05) is 81.7 Å². The fraction of sp³-hybridized carbons (Fsp3) is 0.571. The Morgan fingerprint density at radius 3 is 0.730 bits per heavy atom. The molecular weight excluding hydrogens is 1420 g/mol. The molecule has 0 atom stereocenters. The van der Waals surface area contributed by atoms with Crippen LogP contribution in [0.25, 0.3) is 0 Å². The molecule has 0 radical (unpaired) electrons. The van der Waals surface area contributed by atoms with Crippen LogP contribution in [0.3, 0.4) is 0 Å². The third-order valence-electron chi connectivity index (χ3n) is 14.7. The van der Waals surface area contributed by atoms with Crippen LogP contribution < -0.4 is 32.3 Å². The first kappa shape index (κ1) is 83.3. The van der Waals surface area contributed by atoms with E-state index in [9.17, 15) is 0 Å². The van der Waals surface area contributed by atoms with Gasteiger partial charge in [-0.1, -0.05) is 13.8 Å². The molecule has 0 saturated heterocycles. The number of aliphatic hydroxyl groups excluding tert-OH is 2. The van der Waals surface area contributed by atoms with Crippen LogP contribution in [0.2, 0.25) is 0 Å². The molecule has 11 heteroatoms. The Hall–Kier alpha value is -2.02. The van der Waals surface area contributed by atoms with Gasteiger partial charge in [-0.3, -0.25) is 0 Å². The first-order valence-electron chi connectivity index (χ1n) is 26.4. The maximum Gasteiger partial charge on any atom is 0.0447 e. The van der Waals surface area contributed by atoms with Crippen LogP contribution in [-0.2, 0) is 63.2 Å². The van der Waals surface area contributed by atoms with Crippen molar-refractivity contribution in [3.8, 4) is 0 Å². The Kier molecular flexibility index (Phi) is 51.7. The van der Waals surface area contributed by atoms with Crippen molar-refractivity contribution in [1.29, 1.82) is 0 Å². The number of nitrogens with two attached hydrogens (primary N) is 1. The molecule has 74 heavy (non-hydrogen) atoms. The molecule has 8 nitrogen and oxygen atoms in total. The van der Waals surface area contributed by atoms with Gasteiger partial charge in [0.05, 0.1) is 0 Å². The fourth-order valence-electron chi connectivity index (χ4n) is 7.99. The summed E-state index contributed by atoms with van der Waals surface area (Å²) >= 11 is 0. The summed E-state index contributed by atoms with van der Waals surface area (Å²) in [7, 11) is 3.92. The number of rotatable bonds is 15. The molecule has 0 aliphatic heterocycles. The van der Waals surface area contributed by atoms with Gasteiger partial charge >= 0.3 is 0 Å². The molecule has 0 saturated carbocycles. The predicted molar refractivity (Wildman–Crippen MR) is 323 cm³/mol. The average molecular weight is 1540 g/mol. The summed E-state index contributed by atoms with van der Waals surface area (Å²) in [5.74, 6) is 0. The quantitative estimate of drug-likeness (QED) is 0.0336. The first-order chi connectivity index (χ1) is 33.3. The molecule has 9 N–H and O–H groups in total. The van der Waals surface area contributed by atoms with E-state index in [1.165, 1.54) is 128 Å². The number of aliphatic hydroxyl groups is 2. The molecule has 0 unspecified atom stereocenters. The monoisotopic (exact) mass is 1540 g/mol. The largest absolute Gasteiger partial charge is 0.399 e. The Morgan fingerprint density at radius 1 is 0.311 bits per heavy atom. The maximum atomic E-state index is 8.80. The molecule has 0 aromatic heterocycles. The van der Waals surface area contributed by atoms with Crippen LogP contribution in [-0.4, -0.2) is 70.2 Å². The first-order valence-corrected chi connectivity index (χ1v) is 26.4. The van der Waals surface area contributed by atoms with Gasteiger partial charge in [-0.25, -0.2) is 0 Å². The van der Waals surface area contributed by atoms with Crippen molar-refractivity contribution in [2.45, 2.75) is 184 Å².